The highest BCUT2D eigenvalue weighted by Gasteiger charge is 2.10. The summed E-state index contributed by atoms with van der Waals surface area (Å²) in [5.74, 6) is 0.170. The number of rotatable bonds is 4. The first-order chi connectivity index (χ1) is 7.17. The van der Waals surface area contributed by atoms with Crippen LogP contribution in [0, 0.1) is 17.2 Å². The fourth-order valence-electron chi connectivity index (χ4n) is 1.14. The van der Waals surface area contributed by atoms with Crippen LogP contribution in [0.1, 0.15) is 19.5 Å². The number of nitrogens with one attached hydrogen (secondary N) is 1. The second-order valence-electron chi connectivity index (χ2n) is 3.63. The summed E-state index contributed by atoms with van der Waals surface area (Å²) in [5.41, 5.74) is 1.25. The molecule has 1 heterocycles. The van der Waals surface area contributed by atoms with Crippen molar-refractivity contribution in [1.82, 2.24) is 4.98 Å². The molecule has 0 fully saturated rings. The van der Waals surface area contributed by atoms with E-state index >= 15 is 0 Å². The zero-order chi connectivity index (χ0) is 11.3. The van der Waals surface area contributed by atoms with E-state index in [0.717, 1.165) is 5.69 Å². The van der Waals surface area contributed by atoms with E-state index in [1.165, 1.54) is 0 Å². The summed E-state index contributed by atoms with van der Waals surface area (Å²) in [5, 5.41) is 20.9. The lowest BCUT2D eigenvalue weighted by molar-refractivity contribution is 0.226. The van der Waals surface area contributed by atoms with Gasteiger partial charge in [-0.25, -0.2) is 4.98 Å². The van der Waals surface area contributed by atoms with Gasteiger partial charge in [-0.15, -0.1) is 0 Å². The SMILES string of the molecule is CC(CO)C(C)Nc1ccnc(C#N)c1. The lowest BCUT2D eigenvalue weighted by Crippen LogP contribution is -2.26. The Morgan fingerprint density at radius 2 is 2.33 bits per heavy atom. The first-order valence-corrected chi connectivity index (χ1v) is 4.91. The maximum Gasteiger partial charge on any atom is 0.142 e. The molecule has 2 atom stereocenters. The van der Waals surface area contributed by atoms with Crippen LogP contribution in [-0.2, 0) is 0 Å². The van der Waals surface area contributed by atoms with Gasteiger partial charge in [0.05, 0.1) is 0 Å². The van der Waals surface area contributed by atoms with Gasteiger partial charge in [-0.05, 0) is 25.0 Å². The van der Waals surface area contributed by atoms with Gasteiger partial charge in [0.1, 0.15) is 11.8 Å². The standard InChI is InChI=1S/C11H15N3O/c1-8(7-15)9(2)14-10-3-4-13-11(5-10)6-12/h3-5,8-9,15H,7H2,1-2H3,(H,13,14). The van der Waals surface area contributed by atoms with E-state index in [0.29, 0.717) is 5.69 Å². The Kier molecular flexibility index (Phi) is 4.07. The Morgan fingerprint density at radius 1 is 1.60 bits per heavy atom. The van der Waals surface area contributed by atoms with Crippen molar-refractivity contribution < 1.29 is 5.11 Å². The van der Waals surface area contributed by atoms with Crippen molar-refractivity contribution in [1.29, 1.82) is 5.26 Å². The molecule has 0 spiro atoms. The molecule has 4 nitrogen and oxygen atoms in total. The lowest BCUT2D eigenvalue weighted by Gasteiger charge is -2.20. The Hall–Kier alpha value is -1.60. The quantitative estimate of drug-likeness (QED) is 0.779. The van der Waals surface area contributed by atoms with Crippen molar-refractivity contribution >= 4 is 5.69 Å². The zero-order valence-corrected chi connectivity index (χ0v) is 8.94. The van der Waals surface area contributed by atoms with E-state index < -0.39 is 0 Å². The molecule has 2 N–H and O–H groups in total. The van der Waals surface area contributed by atoms with Crippen LogP contribution >= 0.6 is 0 Å². The minimum absolute atomic E-state index is 0.143. The first-order valence-electron chi connectivity index (χ1n) is 4.91. The fourth-order valence-corrected chi connectivity index (χ4v) is 1.14. The normalized spacial score (nSPS) is 14.0. The number of nitriles is 1. The van der Waals surface area contributed by atoms with Crippen molar-refractivity contribution in [2.75, 3.05) is 11.9 Å². The van der Waals surface area contributed by atoms with Crippen molar-refractivity contribution in [2.45, 2.75) is 19.9 Å². The van der Waals surface area contributed by atoms with Gasteiger partial charge in [-0.1, -0.05) is 6.92 Å². The minimum atomic E-state index is 0.143. The number of pyridine rings is 1. The molecule has 0 aliphatic rings. The van der Waals surface area contributed by atoms with Crippen LogP contribution < -0.4 is 5.32 Å². The molecule has 2 unspecified atom stereocenters. The van der Waals surface area contributed by atoms with E-state index in [-0.39, 0.29) is 18.6 Å². The molecular formula is C11H15N3O. The van der Waals surface area contributed by atoms with Gasteiger partial charge in [0, 0.05) is 24.5 Å². The van der Waals surface area contributed by atoms with Gasteiger partial charge in [-0.3, -0.25) is 0 Å². The number of aliphatic hydroxyl groups is 1. The molecule has 1 aromatic rings. The summed E-state index contributed by atoms with van der Waals surface area (Å²) >= 11 is 0. The minimum Gasteiger partial charge on any atom is -0.396 e. The maximum atomic E-state index is 8.98. The average molecular weight is 205 g/mol. The second-order valence-corrected chi connectivity index (χ2v) is 3.63. The first kappa shape index (κ1) is 11.5. The lowest BCUT2D eigenvalue weighted by atomic mass is 10.1. The van der Waals surface area contributed by atoms with Gasteiger partial charge >= 0.3 is 0 Å². The fraction of sp³-hybridized carbons (Fsp3) is 0.455. The van der Waals surface area contributed by atoms with Gasteiger partial charge < -0.3 is 10.4 Å². The molecular weight excluding hydrogens is 190 g/mol. The van der Waals surface area contributed by atoms with Crippen molar-refractivity contribution in [3.8, 4) is 6.07 Å². The maximum absolute atomic E-state index is 8.98. The summed E-state index contributed by atoms with van der Waals surface area (Å²) in [6.07, 6.45) is 1.59. The summed E-state index contributed by atoms with van der Waals surface area (Å²) in [7, 11) is 0. The van der Waals surface area contributed by atoms with Crippen LogP contribution in [-0.4, -0.2) is 22.7 Å². The topological polar surface area (TPSA) is 68.9 Å². The highest BCUT2D eigenvalue weighted by molar-refractivity contribution is 5.46. The Balaban J connectivity index is 2.68. The third-order valence-corrected chi connectivity index (χ3v) is 2.41. The summed E-state index contributed by atoms with van der Waals surface area (Å²) < 4.78 is 0. The number of hydrogen-bond acceptors (Lipinski definition) is 4. The number of nitrogens with zero attached hydrogens (tertiary/aromatic N) is 2. The molecule has 0 bridgehead atoms. The van der Waals surface area contributed by atoms with E-state index in [2.05, 4.69) is 10.3 Å². The Bertz CT molecular complexity index is 359. The molecule has 0 saturated carbocycles. The smallest absolute Gasteiger partial charge is 0.142 e. The van der Waals surface area contributed by atoms with E-state index in [1.54, 1.807) is 18.3 Å². The number of hydrogen-bond donors (Lipinski definition) is 2. The molecule has 0 aliphatic carbocycles. The molecule has 4 heteroatoms. The third kappa shape index (κ3) is 3.22. The van der Waals surface area contributed by atoms with Crippen molar-refractivity contribution in [2.24, 2.45) is 5.92 Å². The van der Waals surface area contributed by atoms with Crippen LogP contribution in [0.25, 0.3) is 0 Å². The zero-order valence-electron chi connectivity index (χ0n) is 8.94. The van der Waals surface area contributed by atoms with Crippen LogP contribution in [0.2, 0.25) is 0 Å². The van der Waals surface area contributed by atoms with E-state index in [4.69, 9.17) is 10.4 Å². The molecule has 0 aliphatic heterocycles. The Labute approximate surface area is 89.6 Å². The molecule has 15 heavy (non-hydrogen) atoms. The number of anilines is 1. The van der Waals surface area contributed by atoms with E-state index in [9.17, 15) is 0 Å². The van der Waals surface area contributed by atoms with Gasteiger partial charge in [0.15, 0.2) is 0 Å². The summed E-state index contributed by atoms with van der Waals surface area (Å²) in [4.78, 5) is 3.88. The van der Waals surface area contributed by atoms with Crippen molar-refractivity contribution in [3.63, 3.8) is 0 Å². The molecule has 1 aromatic heterocycles. The van der Waals surface area contributed by atoms with Gasteiger partial charge in [0.25, 0.3) is 0 Å². The summed E-state index contributed by atoms with van der Waals surface area (Å²) in [6, 6.07) is 5.64. The predicted octanol–water partition coefficient (Wildman–Crippen LogP) is 1.38. The highest BCUT2D eigenvalue weighted by Crippen LogP contribution is 2.12. The molecule has 80 valence electrons. The van der Waals surface area contributed by atoms with Crippen LogP contribution in [0.4, 0.5) is 5.69 Å². The molecule has 0 amide bonds. The Morgan fingerprint density at radius 3 is 2.93 bits per heavy atom. The molecule has 0 saturated heterocycles. The number of aliphatic hydroxyl groups excluding tert-OH is 1. The van der Waals surface area contributed by atoms with Crippen LogP contribution in [0.15, 0.2) is 18.3 Å². The second kappa shape index (κ2) is 5.32. The monoisotopic (exact) mass is 205 g/mol. The van der Waals surface area contributed by atoms with Gasteiger partial charge in [-0.2, -0.15) is 5.26 Å². The van der Waals surface area contributed by atoms with Gasteiger partial charge in [0.2, 0.25) is 0 Å². The van der Waals surface area contributed by atoms with E-state index in [1.807, 2.05) is 19.9 Å². The average Bonchev–Trinajstić information content (AvgIpc) is 2.28. The molecule has 0 aromatic carbocycles. The summed E-state index contributed by atoms with van der Waals surface area (Å²) in [6.45, 7) is 4.10. The predicted molar refractivity (Wildman–Crippen MR) is 58.3 cm³/mol. The van der Waals surface area contributed by atoms with Crippen LogP contribution in [0.5, 0.6) is 0 Å². The molecule has 0 radical (unpaired) electrons. The van der Waals surface area contributed by atoms with Crippen molar-refractivity contribution in [3.05, 3.63) is 24.0 Å². The van der Waals surface area contributed by atoms with Crippen LogP contribution in [0.3, 0.4) is 0 Å². The highest BCUT2D eigenvalue weighted by atomic mass is 16.3. The third-order valence-electron chi connectivity index (χ3n) is 2.41. The molecule has 1 rings (SSSR count). The largest absolute Gasteiger partial charge is 0.396 e. The number of aromatic nitrogens is 1.